The molecule has 0 saturated carbocycles. The predicted octanol–water partition coefficient (Wildman–Crippen LogP) is 5.07. The molecule has 2 aromatic carbocycles. The maximum Gasteiger partial charge on any atom is 0.269 e. The fourth-order valence-corrected chi connectivity index (χ4v) is 3.98. The van der Waals surface area contributed by atoms with Crippen LogP contribution < -0.4 is 5.32 Å². The number of nitrogens with zero attached hydrogens (tertiary/aromatic N) is 1. The second-order valence-corrected chi connectivity index (χ2v) is 6.43. The Morgan fingerprint density at radius 3 is 2.78 bits per heavy atom. The average molecular weight is 327 g/mol. The molecule has 1 heterocycles. The third kappa shape index (κ3) is 2.30. The number of benzene rings is 2. The van der Waals surface area contributed by atoms with E-state index in [1.165, 1.54) is 0 Å². The zero-order valence-electron chi connectivity index (χ0n) is 12.3. The average Bonchev–Trinajstić information content (AvgIpc) is 3.04. The van der Waals surface area contributed by atoms with Crippen LogP contribution in [0.1, 0.15) is 29.5 Å². The molecule has 0 amide bonds. The Balaban J connectivity index is 1.81. The van der Waals surface area contributed by atoms with E-state index < -0.39 is 0 Å². The van der Waals surface area contributed by atoms with Crippen LogP contribution in [0.3, 0.4) is 0 Å². The Morgan fingerprint density at radius 1 is 1.17 bits per heavy atom. The summed E-state index contributed by atoms with van der Waals surface area (Å²) in [6, 6.07) is 13.0. The summed E-state index contributed by atoms with van der Waals surface area (Å²) in [4.78, 5) is 10.7. The zero-order chi connectivity index (χ0) is 16.0. The van der Waals surface area contributed by atoms with E-state index in [0.717, 1.165) is 28.3 Å². The molecule has 5 heteroatoms. The van der Waals surface area contributed by atoms with Crippen LogP contribution in [0, 0.1) is 16.0 Å². The van der Waals surface area contributed by atoms with Crippen LogP contribution in [-0.2, 0) is 0 Å². The van der Waals surface area contributed by atoms with Gasteiger partial charge in [0.15, 0.2) is 0 Å². The molecule has 0 fully saturated rings. The first-order valence-corrected chi connectivity index (χ1v) is 7.99. The van der Waals surface area contributed by atoms with Gasteiger partial charge in [0.2, 0.25) is 0 Å². The minimum absolute atomic E-state index is 0.109. The number of nitrogens with one attached hydrogen (secondary N) is 1. The molecular formula is C18H15ClN2O2. The van der Waals surface area contributed by atoms with Crippen molar-refractivity contribution in [3.8, 4) is 0 Å². The van der Waals surface area contributed by atoms with Gasteiger partial charge in [-0.25, -0.2) is 0 Å². The molecule has 2 aliphatic rings. The summed E-state index contributed by atoms with van der Waals surface area (Å²) in [7, 11) is 0. The summed E-state index contributed by atoms with van der Waals surface area (Å²) in [6.45, 7) is 0. The second kappa shape index (κ2) is 5.39. The number of non-ortho nitro benzene ring substituents is 1. The number of rotatable bonds is 2. The maximum atomic E-state index is 11.1. The van der Waals surface area contributed by atoms with Crippen LogP contribution in [0.15, 0.2) is 54.6 Å². The molecule has 23 heavy (non-hydrogen) atoms. The molecule has 3 atom stereocenters. The summed E-state index contributed by atoms with van der Waals surface area (Å²) in [5.41, 5.74) is 3.17. The van der Waals surface area contributed by atoms with Gasteiger partial charge in [-0.1, -0.05) is 42.0 Å². The van der Waals surface area contributed by atoms with Gasteiger partial charge in [0.25, 0.3) is 5.69 Å². The standard InChI is InChI=1S/C18H15ClN2O2/c19-16-7-2-1-4-14(16)18-13-6-3-5-12(13)15-10-11(21(22)23)8-9-17(15)20-18/h1-5,7-10,12-13,18,20H,6H2/t12-,13+,18+/m1/s1. The molecule has 1 aliphatic carbocycles. The number of fused-ring (bicyclic) bond motifs is 3. The number of nitro benzene ring substituents is 1. The van der Waals surface area contributed by atoms with Crippen molar-refractivity contribution in [1.29, 1.82) is 0 Å². The zero-order valence-corrected chi connectivity index (χ0v) is 13.0. The minimum atomic E-state index is -0.339. The van der Waals surface area contributed by atoms with Gasteiger partial charge in [0, 0.05) is 28.8 Å². The van der Waals surface area contributed by atoms with Gasteiger partial charge in [-0.2, -0.15) is 0 Å². The van der Waals surface area contributed by atoms with Gasteiger partial charge < -0.3 is 5.32 Å². The summed E-state index contributed by atoms with van der Waals surface area (Å²) in [6.07, 6.45) is 5.27. The first-order valence-electron chi connectivity index (χ1n) is 7.61. The number of halogens is 1. The van der Waals surface area contributed by atoms with Crippen LogP contribution >= 0.6 is 11.6 Å². The Kier molecular flexibility index (Phi) is 3.34. The molecule has 0 spiro atoms. The largest absolute Gasteiger partial charge is 0.378 e. The lowest BCUT2D eigenvalue weighted by atomic mass is 9.77. The molecule has 0 unspecified atom stereocenters. The third-order valence-corrected chi connectivity index (χ3v) is 5.14. The van der Waals surface area contributed by atoms with E-state index in [9.17, 15) is 10.1 Å². The van der Waals surface area contributed by atoms with Crippen LogP contribution in [0.2, 0.25) is 5.02 Å². The van der Waals surface area contributed by atoms with Crippen molar-refractivity contribution in [3.05, 3.63) is 80.9 Å². The van der Waals surface area contributed by atoms with Crippen LogP contribution in [0.4, 0.5) is 11.4 Å². The molecule has 0 aromatic heterocycles. The van der Waals surface area contributed by atoms with Crippen molar-refractivity contribution in [3.63, 3.8) is 0 Å². The van der Waals surface area contributed by atoms with E-state index in [2.05, 4.69) is 17.5 Å². The first kappa shape index (κ1) is 14.3. The lowest BCUT2D eigenvalue weighted by Gasteiger charge is -2.37. The summed E-state index contributed by atoms with van der Waals surface area (Å²) < 4.78 is 0. The summed E-state index contributed by atoms with van der Waals surface area (Å²) >= 11 is 6.39. The fourth-order valence-electron chi connectivity index (χ4n) is 3.73. The van der Waals surface area contributed by atoms with Crippen LogP contribution in [0.5, 0.6) is 0 Å². The highest BCUT2D eigenvalue weighted by molar-refractivity contribution is 6.31. The van der Waals surface area contributed by atoms with E-state index in [1.807, 2.05) is 24.3 Å². The van der Waals surface area contributed by atoms with E-state index in [0.29, 0.717) is 5.92 Å². The molecule has 4 rings (SSSR count). The smallest absolute Gasteiger partial charge is 0.269 e. The lowest BCUT2D eigenvalue weighted by molar-refractivity contribution is -0.384. The van der Waals surface area contributed by atoms with E-state index in [4.69, 9.17) is 11.6 Å². The molecule has 0 bridgehead atoms. The number of hydrogen-bond acceptors (Lipinski definition) is 3. The Labute approximate surface area is 138 Å². The van der Waals surface area contributed by atoms with Gasteiger partial charge in [-0.3, -0.25) is 10.1 Å². The van der Waals surface area contributed by atoms with Gasteiger partial charge >= 0.3 is 0 Å². The topological polar surface area (TPSA) is 55.2 Å². The number of hydrogen-bond donors (Lipinski definition) is 1. The SMILES string of the molecule is O=[N+]([O-])c1ccc2c(c1)[C@@H]1C=CC[C@@H]1[C@@H](c1ccccc1Cl)N2. The molecule has 1 aliphatic heterocycles. The highest BCUT2D eigenvalue weighted by atomic mass is 35.5. The van der Waals surface area contributed by atoms with Crippen LogP contribution in [-0.4, -0.2) is 4.92 Å². The van der Waals surface area contributed by atoms with E-state index >= 15 is 0 Å². The Morgan fingerprint density at radius 2 is 2.00 bits per heavy atom. The van der Waals surface area contributed by atoms with Crippen molar-refractivity contribution >= 4 is 23.0 Å². The maximum absolute atomic E-state index is 11.1. The van der Waals surface area contributed by atoms with E-state index in [1.54, 1.807) is 18.2 Å². The van der Waals surface area contributed by atoms with Crippen molar-refractivity contribution in [1.82, 2.24) is 0 Å². The van der Waals surface area contributed by atoms with Crippen molar-refractivity contribution < 1.29 is 4.92 Å². The molecular weight excluding hydrogens is 312 g/mol. The van der Waals surface area contributed by atoms with Gasteiger partial charge in [0.1, 0.15) is 0 Å². The Bertz CT molecular complexity index is 818. The van der Waals surface area contributed by atoms with Crippen LogP contribution in [0.25, 0.3) is 0 Å². The third-order valence-electron chi connectivity index (χ3n) is 4.80. The number of allylic oxidation sites excluding steroid dienone is 2. The molecule has 0 saturated heterocycles. The molecule has 1 N–H and O–H groups in total. The summed E-state index contributed by atoms with van der Waals surface area (Å²) in [5.74, 6) is 0.511. The van der Waals surface area contributed by atoms with E-state index in [-0.39, 0.29) is 22.6 Å². The molecule has 2 aromatic rings. The Hall–Kier alpha value is -2.33. The van der Waals surface area contributed by atoms with Gasteiger partial charge in [-0.05, 0) is 35.6 Å². The fraction of sp³-hybridized carbons (Fsp3) is 0.222. The highest BCUT2D eigenvalue weighted by Crippen LogP contribution is 2.51. The minimum Gasteiger partial charge on any atom is -0.378 e. The van der Waals surface area contributed by atoms with Gasteiger partial charge in [-0.15, -0.1) is 0 Å². The van der Waals surface area contributed by atoms with Gasteiger partial charge in [0.05, 0.1) is 11.0 Å². The van der Waals surface area contributed by atoms with Crippen molar-refractivity contribution in [2.24, 2.45) is 5.92 Å². The summed E-state index contributed by atoms with van der Waals surface area (Å²) in [5, 5.41) is 15.4. The normalized spacial score (nSPS) is 24.7. The number of nitro groups is 1. The lowest BCUT2D eigenvalue weighted by Crippen LogP contribution is -2.29. The first-order chi connectivity index (χ1) is 11.1. The molecule has 116 valence electrons. The monoisotopic (exact) mass is 326 g/mol. The predicted molar refractivity (Wildman–Crippen MR) is 90.9 cm³/mol. The second-order valence-electron chi connectivity index (χ2n) is 6.03. The molecule has 4 nitrogen and oxygen atoms in total. The highest BCUT2D eigenvalue weighted by Gasteiger charge is 2.39. The molecule has 0 radical (unpaired) electrons. The quantitative estimate of drug-likeness (QED) is 0.476. The van der Waals surface area contributed by atoms with Crippen molar-refractivity contribution in [2.45, 2.75) is 18.4 Å². The van der Waals surface area contributed by atoms with Crippen molar-refractivity contribution in [2.75, 3.05) is 5.32 Å². The number of anilines is 1.